The van der Waals surface area contributed by atoms with Crippen molar-refractivity contribution in [3.63, 3.8) is 0 Å². The second-order valence-electron chi connectivity index (χ2n) is 4.35. The molecule has 2 heterocycles. The first kappa shape index (κ1) is 10.8. The van der Waals surface area contributed by atoms with Gasteiger partial charge in [0.05, 0.1) is 0 Å². The summed E-state index contributed by atoms with van der Waals surface area (Å²) in [5, 5.41) is 10.4. The lowest BCUT2D eigenvalue weighted by molar-refractivity contribution is 0.546. The highest BCUT2D eigenvalue weighted by atomic mass is 16.3. The quantitative estimate of drug-likeness (QED) is 0.831. The summed E-state index contributed by atoms with van der Waals surface area (Å²) in [7, 11) is 0. The maximum Gasteiger partial charge on any atom is 0.152 e. The van der Waals surface area contributed by atoms with Crippen LogP contribution in [0.15, 0.2) is 22.6 Å². The van der Waals surface area contributed by atoms with Gasteiger partial charge in [0.2, 0.25) is 0 Å². The molecule has 2 N–H and O–H groups in total. The van der Waals surface area contributed by atoms with Gasteiger partial charge in [0.25, 0.3) is 0 Å². The Balaban J connectivity index is 2.07. The van der Waals surface area contributed by atoms with Crippen LogP contribution in [0.25, 0.3) is 11.5 Å². The number of aryl methyl sites for hydroxylation is 1. The average Bonchev–Trinajstić information content (AvgIpc) is 2.83. The third-order valence-electron chi connectivity index (χ3n) is 2.28. The van der Waals surface area contributed by atoms with Crippen LogP contribution in [0.1, 0.15) is 19.6 Å². The van der Waals surface area contributed by atoms with Crippen molar-refractivity contribution < 1.29 is 4.42 Å². The van der Waals surface area contributed by atoms with Crippen LogP contribution in [0.4, 0.5) is 5.82 Å². The number of aromatic nitrogens is 2. The van der Waals surface area contributed by atoms with Gasteiger partial charge in [-0.25, -0.2) is 0 Å². The molecule has 0 aliphatic rings. The fourth-order valence-corrected chi connectivity index (χ4v) is 1.43. The highest BCUT2D eigenvalue weighted by Crippen LogP contribution is 2.21. The molecule has 0 radical (unpaired) electrons. The van der Waals surface area contributed by atoms with Gasteiger partial charge in [-0.1, -0.05) is 13.8 Å². The van der Waals surface area contributed by atoms with Crippen LogP contribution < -0.4 is 5.32 Å². The SMILES string of the molecule is Cc1ccc(-c2cc(NCC(C)C)n[nH]2)o1. The molecule has 0 aromatic carbocycles. The molecular formula is C12H17N3O. The van der Waals surface area contributed by atoms with E-state index >= 15 is 0 Å². The Morgan fingerprint density at radius 2 is 2.25 bits per heavy atom. The van der Waals surface area contributed by atoms with Gasteiger partial charge in [-0.05, 0) is 25.0 Å². The van der Waals surface area contributed by atoms with Crippen LogP contribution in [0.5, 0.6) is 0 Å². The summed E-state index contributed by atoms with van der Waals surface area (Å²) in [6, 6.07) is 5.84. The molecule has 4 nitrogen and oxygen atoms in total. The van der Waals surface area contributed by atoms with Crippen LogP contribution in [-0.2, 0) is 0 Å². The molecule has 0 aliphatic carbocycles. The summed E-state index contributed by atoms with van der Waals surface area (Å²) in [6.07, 6.45) is 0. The molecule has 4 heteroatoms. The molecule has 0 spiro atoms. The van der Waals surface area contributed by atoms with E-state index in [9.17, 15) is 0 Å². The van der Waals surface area contributed by atoms with Gasteiger partial charge in [0.15, 0.2) is 5.76 Å². The Morgan fingerprint density at radius 1 is 1.44 bits per heavy atom. The number of H-pyrrole nitrogens is 1. The van der Waals surface area contributed by atoms with E-state index < -0.39 is 0 Å². The van der Waals surface area contributed by atoms with Crippen molar-refractivity contribution in [3.8, 4) is 11.5 Å². The molecular weight excluding hydrogens is 202 g/mol. The third kappa shape index (κ3) is 2.45. The molecule has 0 aliphatic heterocycles. The van der Waals surface area contributed by atoms with Gasteiger partial charge in [0.1, 0.15) is 17.3 Å². The number of nitrogens with zero attached hydrogens (tertiary/aromatic N) is 1. The number of anilines is 1. The molecule has 0 bridgehead atoms. The van der Waals surface area contributed by atoms with E-state index in [0.717, 1.165) is 29.6 Å². The predicted octanol–water partition coefficient (Wildman–Crippen LogP) is 3.05. The standard InChI is InChI=1S/C12H17N3O/c1-8(2)7-13-12-6-10(14-15-12)11-5-4-9(3)16-11/h4-6,8H,7H2,1-3H3,(H2,13,14,15). The van der Waals surface area contributed by atoms with E-state index in [1.54, 1.807) is 0 Å². The predicted molar refractivity (Wildman–Crippen MR) is 64.4 cm³/mol. The average molecular weight is 219 g/mol. The largest absolute Gasteiger partial charge is 0.460 e. The lowest BCUT2D eigenvalue weighted by atomic mass is 10.2. The number of hydrogen-bond donors (Lipinski definition) is 2. The summed E-state index contributed by atoms with van der Waals surface area (Å²) < 4.78 is 5.51. The minimum atomic E-state index is 0.603. The fourth-order valence-electron chi connectivity index (χ4n) is 1.43. The van der Waals surface area contributed by atoms with Gasteiger partial charge in [-0.3, -0.25) is 5.10 Å². The summed E-state index contributed by atoms with van der Waals surface area (Å²) >= 11 is 0. The molecule has 2 aromatic heterocycles. The van der Waals surface area contributed by atoms with Crippen LogP contribution in [0.2, 0.25) is 0 Å². The smallest absolute Gasteiger partial charge is 0.152 e. The van der Waals surface area contributed by atoms with Gasteiger partial charge in [-0.2, -0.15) is 5.10 Å². The lowest BCUT2D eigenvalue weighted by Gasteiger charge is -2.04. The van der Waals surface area contributed by atoms with Crippen LogP contribution in [0.3, 0.4) is 0 Å². The van der Waals surface area contributed by atoms with Crippen molar-refractivity contribution in [1.29, 1.82) is 0 Å². The van der Waals surface area contributed by atoms with E-state index in [0.29, 0.717) is 5.92 Å². The van der Waals surface area contributed by atoms with Crippen LogP contribution in [-0.4, -0.2) is 16.7 Å². The number of furan rings is 1. The molecule has 0 atom stereocenters. The molecule has 16 heavy (non-hydrogen) atoms. The minimum absolute atomic E-state index is 0.603. The molecule has 0 saturated carbocycles. The lowest BCUT2D eigenvalue weighted by Crippen LogP contribution is -2.07. The van der Waals surface area contributed by atoms with Crippen molar-refractivity contribution in [1.82, 2.24) is 10.2 Å². The summed E-state index contributed by atoms with van der Waals surface area (Å²) in [4.78, 5) is 0. The Hall–Kier alpha value is -1.71. The molecule has 0 unspecified atom stereocenters. The molecule has 86 valence electrons. The Morgan fingerprint density at radius 3 is 2.88 bits per heavy atom. The van der Waals surface area contributed by atoms with Crippen molar-refractivity contribution in [3.05, 3.63) is 24.0 Å². The zero-order valence-electron chi connectivity index (χ0n) is 9.87. The third-order valence-corrected chi connectivity index (χ3v) is 2.28. The van der Waals surface area contributed by atoms with E-state index in [4.69, 9.17) is 4.42 Å². The van der Waals surface area contributed by atoms with Crippen molar-refractivity contribution in [2.75, 3.05) is 11.9 Å². The summed E-state index contributed by atoms with van der Waals surface area (Å²) in [5.74, 6) is 3.19. The van der Waals surface area contributed by atoms with Gasteiger partial charge >= 0.3 is 0 Å². The highest BCUT2D eigenvalue weighted by molar-refractivity contribution is 5.57. The van der Waals surface area contributed by atoms with Gasteiger partial charge < -0.3 is 9.73 Å². The topological polar surface area (TPSA) is 53.9 Å². The molecule has 2 aromatic rings. The Bertz CT molecular complexity index is 456. The first-order valence-corrected chi connectivity index (χ1v) is 5.51. The van der Waals surface area contributed by atoms with Gasteiger partial charge in [0, 0.05) is 12.6 Å². The highest BCUT2D eigenvalue weighted by Gasteiger charge is 2.06. The monoisotopic (exact) mass is 219 g/mol. The molecule has 0 amide bonds. The van der Waals surface area contributed by atoms with E-state index in [-0.39, 0.29) is 0 Å². The van der Waals surface area contributed by atoms with E-state index in [1.807, 2.05) is 25.1 Å². The number of hydrogen-bond acceptors (Lipinski definition) is 3. The first-order valence-electron chi connectivity index (χ1n) is 5.51. The molecule has 2 rings (SSSR count). The number of rotatable bonds is 4. The zero-order chi connectivity index (χ0) is 11.5. The maximum atomic E-state index is 5.51. The first-order chi connectivity index (χ1) is 7.65. The minimum Gasteiger partial charge on any atom is -0.460 e. The van der Waals surface area contributed by atoms with E-state index in [2.05, 4.69) is 29.4 Å². The van der Waals surface area contributed by atoms with Crippen molar-refractivity contribution in [2.24, 2.45) is 5.92 Å². The zero-order valence-corrected chi connectivity index (χ0v) is 9.87. The van der Waals surface area contributed by atoms with Crippen LogP contribution in [0, 0.1) is 12.8 Å². The second kappa shape index (κ2) is 4.43. The summed E-state index contributed by atoms with van der Waals surface area (Å²) in [6.45, 7) is 7.17. The normalized spacial score (nSPS) is 11.0. The number of aromatic amines is 1. The fraction of sp³-hybridized carbons (Fsp3) is 0.417. The molecule has 0 saturated heterocycles. The molecule has 0 fully saturated rings. The Labute approximate surface area is 95.1 Å². The summed E-state index contributed by atoms with van der Waals surface area (Å²) in [5.41, 5.74) is 0.902. The van der Waals surface area contributed by atoms with E-state index in [1.165, 1.54) is 0 Å². The van der Waals surface area contributed by atoms with Crippen molar-refractivity contribution >= 4 is 5.82 Å². The van der Waals surface area contributed by atoms with Crippen molar-refractivity contribution in [2.45, 2.75) is 20.8 Å². The Kier molecular flexibility index (Phi) is 2.99. The van der Waals surface area contributed by atoms with Gasteiger partial charge in [-0.15, -0.1) is 0 Å². The van der Waals surface area contributed by atoms with Crippen LogP contribution >= 0.6 is 0 Å². The second-order valence-corrected chi connectivity index (χ2v) is 4.35. The number of nitrogens with one attached hydrogen (secondary N) is 2. The maximum absolute atomic E-state index is 5.51.